The zero-order valence-corrected chi connectivity index (χ0v) is 41.1. The smallest absolute Gasteiger partial charge is 0.306 e. The number of carbonyl (C=O) groups is 3. The summed E-state index contributed by atoms with van der Waals surface area (Å²) in [4.78, 5) is 37.9. The molecule has 0 spiro atoms. The van der Waals surface area contributed by atoms with Crippen molar-refractivity contribution in [3.63, 3.8) is 0 Å². The molecule has 0 fully saturated rings. The van der Waals surface area contributed by atoms with Crippen molar-refractivity contribution in [2.24, 2.45) is 0 Å². The van der Waals surface area contributed by atoms with Crippen molar-refractivity contribution >= 4 is 17.9 Å². The summed E-state index contributed by atoms with van der Waals surface area (Å²) < 4.78 is 16.7. The Bertz CT molecular complexity index is 1090. The van der Waals surface area contributed by atoms with Crippen LogP contribution in [0.25, 0.3) is 0 Å². The van der Waals surface area contributed by atoms with E-state index in [1.165, 1.54) is 141 Å². The first kappa shape index (κ1) is 59.4. The second-order valence-corrected chi connectivity index (χ2v) is 17.8. The van der Waals surface area contributed by atoms with Gasteiger partial charge in [-0.2, -0.15) is 0 Å². The minimum atomic E-state index is -0.787. The Labute approximate surface area is 384 Å². The number of hydrogen-bond acceptors (Lipinski definition) is 6. The molecule has 0 bridgehead atoms. The van der Waals surface area contributed by atoms with Gasteiger partial charge in [0.05, 0.1) is 0 Å². The van der Waals surface area contributed by atoms with E-state index < -0.39 is 6.10 Å². The molecule has 0 aromatic rings. The minimum Gasteiger partial charge on any atom is -0.462 e. The molecule has 62 heavy (non-hydrogen) atoms. The van der Waals surface area contributed by atoms with Crippen LogP contribution in [0.3, 0.4) is 0 Å². The van der Waals surface area contributed by atoms with Crippen molar-refractivity contribution in [2.75, 3.05) is 13.2 Å². The Morgan fingerprint density at radius 3 is 1.08 bits per heavy atom. The monoisotopic (exact) mass is 869 g/mol. The normalized spacial score (nSPS) is 12.4. The molecule has 0 aliphatic heterocycles. The van der Waals surface area contributed by atoms with Crippen LogP contribution >= 0.6 is 0 Å². The number of allylic oxidation sites excluding steroid dienone is 8. The van der Waals surface area contributed by atoms with Crippen LogP contribution in [0.4, 0.5) is 0 Å². The molecule has 0 aliphatic rings. The van der Waals surface area contributed by atoms with E-state index in [-0.39, 0.29) is 31.1 Å². The van der Waals surface area contributed by atoms with Gasteiger partial charge >= 0.3 is 17.9 Å². The summed E-state index contributed by atoms with van der Waals surface area (Å²) in [5.74, 6) is -0.926. The topological polar surface area (TPSA) is 78.9 Å². The Morgan fingerprint density at radius 2 is 0.645 bits per heavy atom. The van der Waals surface area contributed by atoms with Gasteiger partial charge in [-0.05, 0) is 70.6 Å². The third-order valence-corrected chi connectivity index (χ3v) is 11.6. The maximum absolute atomic E-state index is 12.8. The van der Waals surface area contributed by atoms with Crippen molar-refractivity contribution in [1.82, 2.24) is 0 Å². The second kappa shape index (κ2) is 51.0. The van der Waals surface area contributed by atoms with E-state index in [4.69, 9.17) is 14.2 Å². The highest BCUT2D eigenvalue weighted by molar-refractivity contribution is 5.71. The quantitative estimate of drug-likeness (QED) is 0.0262. The number of rotatable bonds is 48. The van der Waals surface area contributed by atoms with E-state index in [0.29, 0.717) is 19.3 Å². The van der Waals surface area contributed by atoms with E-state index in [0.717, 1.165) is 89.9 Å². The molecule has 360 valence electrons. The summed E-state index contributed by atoms with van der Waals surface area (Å²) in [5.41, 5.74) is 0. The third-order valence-electron chi connectivity index (χ3n) is 11.6. The first-order chi connectivity index (χ1) is 30.5. The molecule has 0 N–H and O–H groups in total. The second-order valence-electron chi connectivity index (χ2n) is 17.8. The highest BCUT2D eigenvalue weighted by Crippen LogP contribution is 2.16. The summed E-state index contributed by atoms with van der Waals surface area (Å²) >= 11 is 0. The molecule has 0 aromatic carbocycles. The van der Waals surface area contributed by atoms with Gasteiger partial charge in [-0.3, -0.25) is 14.4 Å². The molecule has 0 amide bonds. The summed E-state index contributed by atoms with van der Waals surface area (Å²) in [7, 11) is 0. The van der Waals surface area contributed by atoms with Gasteiger partial charge in [0.15, 0.2) is 6.10 Å². The van der Waals surface area contributed by atoms with Crippen molar-refractivity contribution in [2.45, 2.75) is 277 Å². The van der Waals surface area contributed by atoms with Crippen LogP contribution < -0.4 is 0 Å². The van der Waals surface area contributed by atoms with Crippen LogP contribution in [0, 0.1) is 0 Å². The predicted octanol–water partition coefficient (Wildman–Crippen LogP) is 17.5. The van der Waals surface area contributed by atoms with Crippen molar-refractivity contribution in [3.05, 3.63) is 48.6 Å². The molecular formula is C56H100O6. The van der Waals surface area contributed by atoms with Gasteiger partial charge in [0, 0.05) is 19.3 Å². The maximum Gasteiger partial charge on any atom is 0.306 e. The van der Waals surface area contributed by atoms with Gasteiger partial charge in [0.25, 0.3) is 0 Å². The molecular weight excluding hydrogens is 769 g/mol. The maximum atomic E-state index is 12.8. The molecule has 0 saturated carbocycles. The predicted molar refractivity (Wildman–Crippen MR) is 265 cm³/mol. The Kier molecular flexibility index (Phi) is 48.8. The number of esters is 3. The molecule has 0 aliphatic carbocycles. The van der Waals surface area contributed by atoms with Crippen LogP contribution in [-0.2, 0) is 28.6 Å². The van der Waals surface area contributed by atoms with Crippen LogP contribution in [0.1, 0.15) is 271 Å². The average molecular weight is 869 g/mol. The lowest BCUT2D eigenvalue weighted by molar-refractivity contribution is -0.167. The number of carbonyl (C=O) groups excluding carboxylic acids is 3. The van der Waals surface area contributed by atoms with E-state index in [2.05, 4.69) is 69.4 Å². The third kappa shape index (κ3) is 48.4. The summed E-state index contributed by atoms with van der Waals surface area (Å²) in [5, 5.41) is 0. The molecule has 0 rings (SSSR count). The number of ether oxygens (including phenoxy) is 3. The largest absolute Gasteiger partial charge is 0.462 e. The van der Waals surface area contributed by atoms with Gasteiger partial charge in [-0.1, -0.05) is 230 Å². The minimum absolute atomic E-state index is 0.0845. The first-order valence-electron chi connectivity index (χ1n) is 26.6. The molecule has 1 atom stereocenters. The highest BCUT2D eigenvalue weighted by Gasteiger charge is 2.19. The van der Waals surface area contributed by atoms with Crippen LogP contribution in [0.2, 0.25) is 0 Å². The van der Waals surface area contributed by atoms with Crippen LogP contribution in [-0.4, -0.2) is 37.2 Å². The molecule has 6 nitrogen and oxygen atoms in total. The van der Waals surface area contributed by atoms with E-state index >= 15 is 0 Å². The number of hydrogen-bond donors (Lipinski definition) is 0. The lowest BCUT2D eigenvalue weighted by Crippen LogP contribution is -2.30. The first-order valence-corrected chi connectivity index (χ1v) is 26.6. The summed E-state index contributed by atoms with van der Waals surface area (Å²) in [6, 6.07) is 0. The zero-order chi connectivity index (χ0) is 45.1. The van der Waals surface area contributed by atoms with Crippen molar-refractivity contribution in [1.29, 1.82) is 0 Å². The lowest BCUT2D eigenvalue weighted by Gasteiger charge is -2.18. The van der Waals surface area contributed by atoms with Gasteiger partial charge in [0.1, 0.15) is 13.2 Å². The molecule has 0 aromatic heterocycles. The molecule has 0 heterocycles. The molecule has 0 saturated heterocycles. The Morgan fingerprint density at radius 1 is 0.339 bits per heavy atom. The fraction of sp³-hybridized carbons (Fsp3) is 0.804. The fourth-order valence-corrected chi connectivity index (χ4v) is 7.58. The molecule has 6 heteroatoms. The van der Waals surface area contributed by atoms with Gasteiger partial charge in [0.2, 0.25) is 0 Å². The van der Waals surface area contributed by atoms with E-state index in [1.54, 1.807) is 0 Å². The van der Waals surface area contributed by atoms with Gasteiger partial charge in [-0.15, -0.1) is 0 Å². The molecule has 1 unspecified atom stereocenters. The van der Waals surface area contributed by atoms with Gasteiger partial charge < -0.3 is 14.2 Å². The van der Waals surface area contributed by atoms with Crippen molar-refractivity contribution in [3.8, 4) is 0 Å². The summed E-state index contributed by atoms with van der Waals surface area (Å²) in [6.45, 7) is 6.48. The van der Waals surface area contributed by atoms with Crippen LogP contribution in [0.15, 0.2) is 48.6 Å². The SMILES string of the molecule is CC/C=C\C/C=C\C/C=C\CCCCCCCCC(=O)OC(COC(=O)CCC/C=C\CCCCCC)COC(=O)CCCCCCCCCCCCCCCCCCCCC. The lowest BCUT2D eigenvalue weighted by atomic mass is 10.0. The summed E-state index contributed by atoms with van der Waals surface area (Å²) in [6.07, 6.45) is 61.1. The highest BCUT2D eigenvalue weighted by atomic mass is 16.6. The molecule has 0 radical (unpaired) electrons. The Hall–Kier alpha value is -2.63. The fourth-order valence-electron chi connectivity index (χ4n) is 7.58. The van der Waals surface area contributed by atoms with Gasteiger partial charge in [-0.25, -0.2) is 0 Å². The van der Waals surface area contributed by atoms with E-state index in [1.807, 2.05) is 0 Å². The van der Waals surface area contributed by atoms with Crippen LogP contribution in [0.5, 0.6) is 0 Å². The Balaban J connectivity index is 4.29. The average Bonchev–Trinajstić information content (AvgIpc) is 3.27. The zero-order valence-electron chi connectivity index (χ0n) is 41.1. The number of unbranched alkanes of at least 4 members (excludes halogenated alkanes) is 29. The van der Waals surface area contributed by atoms with E-state index in [9.17, 15) is 14.4 Å². The standard InChI is InChI=1S/C56H100O6/c1-4-7-10-13-16-19-21-23-25-27-28-29-31-32-34-37-40-43-46-49-55(58)61-52-53(51-60-54(57)48-45-42-39-36-18-15-12-9-6-3)62-56(59)50-47-44-41-38-35-33-30-26-24-22-20-17-14-11-8-5-2/h8,11,17,20,24,26,36,39,53H,4-7,9-10,12-16,18-19,21-23,25,27-35,37-38,40-52H2,1-3H3/b11-8-,20-17-,26-24-,39-36-. The van der Waals surface area contributed by atoms with Crippen molar-refractivity contribution < 1.29 is 28.6 Å².